The lowest BCUT2D eigenvalue weighted by molar-refractivity contribution is -0.135. The molecule has 0 amide bonds. The molecule has 0 aliphatic rings. The van der Waals surface area contributed by atoms with Crippen LogP contribution in [0.3, 0.4) is 0 Å². The molecule has 5 heteroatoms. The molecule has 0 fully saturated rings. The van der Waals surface area contributed by atoms with Crippen LogP contribution in [0.2, 0.25) is 0 Å². The van der Waals surface area contributed by atoms with Gasteiger partial charge in [-0.1, -0.05) is 31.9 Å². The summed E-state index contributed by atoms with van der Waals surface area (Å²) in [7, 11) is 1.24. The first-order chi connectivity index (χ1) is 7.56. The van der Waals surface area contributed by atoms with Crippen LogP contribution in [0.1, 0.15) is 5.56 Å². The fourth-order valence-corrected chi connectivity index (χ4v) is 2.40. The van der Waals surface area contributed by atoms with Gasteiger partial charge in [0.25, 0.3) is 0 Å². The SMILES string of the molecule is COC(=O)/C(C#N)=C\c1cc(Br)cc(Br)c1. The molecule has 0 spiro atoms. The summed E-state index contributed by atoms with van der Waals surface area (Å²) in [6.07, 6.45) is 1.47. The summed E-state index contributed by atoms with van der Waals surface area (Å²) < 4.78 is 6.20. The monoisotopic (exact) mass is 343 g/mol. The van der Waals surface area contributed by atoms with Crippen molar-refractivity contribution in [1.29, 1.82) is 5.26 Å². The number of carbonyl (C=O) groups excluding carboxylic acids is 1. The fourth-order valence-electron chi connectivity index (χ4n) is 1.07. The van der Waals surface area contributed by atoms with Gasteiger partial charge in [0.2, 0.25) is 0 Å². The van der Waals surface area contributed by atoms with Crippen molar-refractivity contribution in [3.8, 4) is 6.07 Å². The molecule has 0 radical (unpaired) electrons. The fraction of sp³-hybridized carbons (Fsp3) is 0.0909. The number of ether oxygens (including phenoxy) is 1. The Kier molecular flexibility index (Phi) is 4.71. The first kappa shape index (κ1) is 12.9. The minimum Gasteiger partial charge on any atom is -0.465 e. The van der Waals surface area contributed by atoms with Gasteiger partial charge in [-0.15, -0.1) is 0 Å². The zero-order valence-electron chi connectivity index (χ0n) is 8.33. The zero-order chi connectivity index (χ0) is 12.1. The maximum absolute atomic E-state index is 11.2. The topological polar surface area (TPSA) is 50.1 Å². The van der Waals surface area contributed by atoms with Crippen molar-refractivity contribution in [3.05, 3.63) is 38.3 Å². The van der Waals surface area contributed by atoms with Crippen LogP contribution >= 0.6 is 31.9 Å². The number of hydrogen-bond acceptors (Lipinski definition) is 3. The number of halogens is 2. The van der Waals surface area contributed by atoms with E-state index in [0.29, 0.717) is 0 Å². The van der Waals surface area contributed by atoms with E-state index in [0.717, 1.165) is 14.5 Å². The van der Waals surface area contributed by atoms with Gasteiger partial charge in [-0.05, 0) is 29.8 Å². The number of hydrogen-bond donors (Lipinski definition) is 0. The molecular weight excluding hydrogens is 338 g/mol. The maximum Gasteiger partial charge on any atom is 0.348 e. The number of nitriles is 1. The molecule has 0 atom stereocenters. The second-order valence-electron chi connectivity index (χ2n) is 2.86. The van der Waals surface area contributed by atoms with Crippen molar-refractivity contribution in [2.24, 2.45) is 0 Å². The van der Waals surface area contributed by atoms with Gasteiger partial charge in [0.05, 0.1) is 7.11 Å². The molecule has 0 N–H and O–H groups in total. The molecule has 0 bridgehead atoms. The third-order valence-electron chi connectivity index (χ3n) is 1.72. The Bertz CT molecular complexity index is 469. The Hall–Kier alpha value is -1.12. The van der Waals surface area contributed by atoms with Crippen molar-refractivity contribution in [3.63, 3.8) is 0 Å². The van der Waals surface area contributed by atoms with Crippen LogP contribution in [0.25, 0.3) is 6.08 Å². The Balaban J connectivity index is 3.15. The molecule has 1 rings (SSSR count). The normalized spacial score (nSPS) is 10.8. The summed E-state index contributed by atoms with van der Waals surface area (Å²) in [5, 5.41) is 8.78. The molecule has 82 valence electrons. The average Bonchev–Trinajstić information content (AvgIpc) is 2.23. The Morgan fingerprint density at radius 1 is 1.38 bits per heavy atom. The van der Waals surface area contributed by atoms with Crippen LogP contribution in [0.5, 0.6) is 0 Å². The van der Waals surface area contributed by atoms with Gasteiger partial charge in [0, 0.05) is 8.95 Å². The van der Waals surface area contributed by atoms with Crippen molar-refractivity contribution < 1.29 is 9.53 Å². The second-order valence-corrected chi connectivity index (χ2v) is 4.70. The number of carbonyl (C=O) groups is 1. The van der Waals surface area contributed by atoms with Gasteiger partial charge < -0.3 is 4.74 Å². The highest BCUT2D eigenvalue weighted by Crippen LogP contribution is 2.21. The van der Waals surface area contributed by atoms with Crippen LogP contribution in [0.15, 0.2) is 32.7 Å². The van der Waals surface area contributed by atoms with E-state index in [1.54, 1.807) is 18.2 Å². The summed E-state index contributed by atoms with van der Waals surface area (Å²) in [6, 6.07) is 7.25. The maximum atomic E-state index is 11.2. The van der Waals surface area contributed by atoms with Crippen molar-refractivity contribution >= 4 is 43.9 Å². The van der Waals surface area contributed by atoms with Gasteiger partial charge in [-0.3, -0.25) is 0 Å². The van der Waals surface area contributed by atoms with Crippen LogP contribution < -0.4 is 0 Å². The molecule has 1 aromatic carbocycles. The highest BCUT2D eigenvalue weighted by atomic mass is 79.9. The van der Waals surface area contributed by atoms with E-state index in [-0.39, 0.29) is 5.57 Å². The lowest BCUT2D eigenvalue weighted by Gasteiger charge is -1.99. The van der Waals surface area contributed by atoms with E-state index < -0.39 is 5.97 Å². The third-order valence-corrected chi connectivity index (χ3v) is 2.64. The Morgan fingerprint density at radius 3 is 2.38 bits per heavy atom. The molecule has 0 aromatic heterocycles. The minimum atomic E-state index is -0.640. The highest BCUT2D eigenvalue weighted by Gasteiger charge is 2.08. The second kappa shape index (κ2) is 5.83. The molecule has 0 unspecified atom stereocenters. The van der Waals surface area contributed by atoms with Crippen LogP contribution in [0.4, 0.5) is 0 Å². The summed E-state index contributed by atoms with van der Waals surface area (Å²) in [5.74, 6) is -0.640. The van der Waals surface area contributed by atoms with E-state index in [1.165, 1.54) is 13.2 Å². The lowest BCUT2D eigenvalue weighted by Crippen LogP contribution is -2.02. The van der Waals surface area contributed by atoms with Crippen molar-refractivity contribution in [2.45, 2.75) is 0 Å². The quantitative estimate of drug-likeness (QED) is 0.470. The summed E-state index contributed by atoms with van der Waals surface area (Å²) in [4.78, 5) is 11.2. The summed E-state index contributed by atoms with van der Waals surface area (Å²) in [6.45, 7) is 0. The number of nitrogens with zero attached hydrogens (tertiary/aromatic N) is 1. The minimum absolute atomic E-state index is 0.0347. The highest BCUT2D eigenvalue weighted by molar-refractivity contribution is 9.11. The van der Waals surface area contributed by atoms with Crippen molar-refractivity contribution in [2.75, 3.05) is 7.11 Å². The van der Waals surface area contributed by atoms with Crippen LogP contribution in [0, 0.1) is 11.3 Å². The van der Waals surface area contributed by atoms with Gasteiger partial charge in [-0.25, -0.2) is 4.79 Å². The first-order valence-electron chi connectivity index (χ1n) is 4.23. The zero-order valence-corrected chi connectivity index (χ0v) is 11.5. The molecule has 0 aliphatic carbocycles. The molecular formula is C11H7Br2NO2. The molecule has 0 saturated heterocycles. The van der Waals surface area contributed by atoms with Gasteiger partial charge in [0.15, 0.2) is 0 Å². The predicted octanol–water partition coefficient (Wildman–Crippen LogP) is 3.29. The van der Waals surface area contributed by atoms with Crippen LogP contribution in [-0.4, -0.2) is 13.1 Å². The third kappa shape index (κ3) is 3.47. The Labute approximate surface area is 110 Å². The number of esters is 1. The standard InChI is InChI=1S/C11H7Br2NO2/c1-16-11(15)8(6-14)2-7-3-9(12)5-10(13)4-7/h2-5H,1H3/b8-2-. The summed E-state index contributed by atoms with van der Waals surface area (Å²) in [5.41, 5.74) is 0.704. The molecule has 1 aromatic rings. The van der Waals surface area contributed by atoms with Crippen LogP contribution in [-0.2, 0) is 9.53 Å². The first-order valence-corrected chi connectivity index (χ1v) is 5.81. The number of methoxy groups -OCH3 is 1. The van der Waals surface area contributed by atoms with E-state index in [9.17, 15) is 4.79 Å². The number of rotatable bonds is 2. The molecule has 0 aliphatic heterocycles. The van der Waals surface area contributed by atoms with Crippen molar-refractivity contribution in [1.82, 2.24) is 0 Å². The molecule has 0 heterocycles. The molecule has 0 saturated carbocycles. The van der Waals surface area contributed by atoms with Gasteiger partial charge >= 0.3 is 5.97 Å². The lowest BCUT2D eigenvalue weighted by atomic mass is 10.1. The van der Waals surface area contributed by atoms with E-state index >= 15 is 0 Å². The molecule has 3 nitrogen and oxygen atoms in total. The smallest absolute Gasteiger partial charge is 0.348 e. The van der Waals surface area contributed by atoms with E-state index in [4.69, 9.17) is 5.26 Å². The van der Waals surface area contributed by atoms with Gasteiger partial charge in [-0.2, -0.15) is 5.26 Å². The van der Waals surface area contributed by atoms with Gasteiger partial charge in [0.1, 0.15) is 11.6 Å². The average molecular weight is 345 g/mol. The van der Waals surface area contributed by atoms with E-state index in [2.05, 4.69) is 36.6 Å². The predicted molar refractivity (Wildman–Crippen MR) is 67.4 cm³/mol. The Morgan fingerprint density at radius 2 is 1.94 bits per heavy atom. The largest absolute Gasteiger partial charge is 0.465 e. The summed E-state index contributed by atoms with van der Waals surface area (Å²) >= 11 is 6.64. The number of benzene rings is 1. The van der Waals surface area contributed by atoms with E-state index in [1.807, 2.05) is 6.07 Å². The molecule has 16 heavy (non-hydrogen) atoms.